The fourth-order valence-corrected chi connectivity index (χ4v) is 2.67. The van der Waals surface area contributed by atoms with Gasteiger partial charge < -0.3 is 5.32 Å². The minimum Gasteiger partial charge on any atom is -0.303 e. The maximum atomic E-state index is 13.0. The van der Waals surface area contributed by atoms with Crippen LogP contribution in [0, 0.1) is 0 Å². The number of hydrogen-bond acceptors (Lipinski definition) is 1. The molecule has 1 fully saturated rings. The monoisotopic (exact) mass is 291 g/mol. The summed E-state index contributed by atoms with van der Waals surface area (Å²) in [5.74, 6) is 0. The SMILES string of the molecule is FC(F)(F)c1ccccc1CNC1(c2ccccc2)CC1. The number of rotatable bonds is 4. The van der Waals surface area contributed by atoms with E-state index in [1.807, 2.05) is 30.3 Å². The highest BCUT2D eigenvalue weighted by molar-refractivity contribution is 5.33. The van der Waals surface area contributed by atoms with Crippen LogP contribution in [0.5, 0.6) is 0 Å². The zero-order valence-electron chi connectivity index (χ0n) is 11.5. The molecule has 0 unspecified atom stereocenters. The van der Waals surface area contributed by atoms with Crippen molar-refractivity contribution in [2.75, 3.05) is 0 Å². The van der Waals surface area contributed by atoms with Gasteiger partial charge in [-0.25, -0.2) is 0 Å². The highest BCUT2D eigenvalue weighted by atomic mass is 19.4. The fourth-order valence-electron chi connectivity index (χ4n) is 2.67. The molecule has 1 nitrogen and oxygen atoms in total. The molecule has 0 bridgehead atoms. The van der Waals surface area contributed by atoms with Crippen LogP contribution in [0.4, 0.5) is 13.2 Å². The Morgan fingerprint density at radius 1 is 0.905 bits per heavy atom. The third-order valence-corrected chi connectivity index (χ3v) is 4.02. The molecule has 1 aliphatic carbocycles. The van der Waals surface area contributed by atoms with Crippen LogP contribution in [-0.2, 0) is 18.3 Å². The molecule has 21 heavy (non-hydrogen) atoms. The van der Waals surface area contributed by atoms with Gasteiger partial charge in [0.05, 0.1) is 5.56 Å². The van der Waals surface area contributed by atoms with E-state index < -0.39 is 11.7 Å². The van der Waals surface area contributed by atoms with Crippen molar-refractivity contribution in [3.63, 3.8) is 0 Å². The van der Waals surface area contributed by atoms with Gasteiger partial charge in [0.1, 0.15) is 0 Å². The third kappa shape index (κ3) is 2.95. The second-order valence-corrected chi connectivity index (χ2v) is 5.46. The van der Waals surface area contributed by atoms with Gasteiger partial charge in [0.15, 0.2) is 0 Å². The van der Waals surface area contributed by atoms with E-state index >= 15 is 0 Å². The van der Waals surface area contributed by atoms with Crippen molar-refractivity contribution in [1.29, 1.82) is 0 Å². The van der Waals surface area contributed by atoms with Gasteiger partial charge in [0.25, 0.3) is 0 Å². The largest absolute Gasteiger partial charge is 0.416 e. The van der Waals surface area contributed by atoms with E-state index in [9.17, 15) is 13.2 Å². The van der Waals surface area contributed by atoms with Crippen molar-refractivity contribution >= 4 is 0 Å². The molecule has 1 N–H and O–H groups in total. The molecule has 110 valence electrons. The summed E-state index contributed by atoms with van der Waals surface area (Å²) in [6.07, 6.45) is -2.38. The van der Waals surface area contributed by atoms with E-state index in [0.29, 0.717) is 5.56 Å². The molecular weight excluding hydrogens is 275 g/mol. The van der Waals surface area contributed by atoms with Gasteiger partial charge in [-0.3, -0.25) is 0 Å². The molecule has 0 aliphatic heterocycles. The number of hydrogen-bond donors (Lipinski definition) is 1. The van der Waals surface area contributed by atoms with Gasteiger partial charge in [0, 0.05) is 12.1 Å². The molecule has 0 saturated heterocycles. The first-order valence-corrected chi connectivity index (χ1v) is 6.97. The van der Waals surface area contributed by atoms with E-state index in [0.717, 1.165) is 24.5 Å². The first kappa shape index (κ1) is 14.1. The van der Waals surface area contributed by atoms with Gasteiger partial charge in [0.2, 0.25) is 0 Å². The topological polar surface area (TPSA) is 12.0 Å². The van der Waals surface area contributed by atoms with E-state index in [-0.39, 0.29) is 12.1 Å². The molecule has 1 aliphatic rings. The molecule has 2 aromatic carbocycles. The molecule has 0 heterocycles. The summed E-state index contributed by atoms with van der Waals surface area (Å²) in [7, 11) is 0. The lowest BCUT2D eigenvalue weighted by atomic mass is 10.0. The Bertz CT molecular complexity index is 615. The maximum Gasteiger partial charge on any atom is 0.416 e. The Morgan fingerprint density at radius 3 is 2.14 bits per heavy atom. The zero-order chi connectivity index (χ0) is 14.9. The average molecular weight is 291 g/mol. The molecule has 1 saturated carbocycles. The van der Waals surface area contributed by atoms with E-state index in [4.69, 9.17) is 0 Å². The molecule has 0 radical (unpaired) electrons. The van der Waals surface area contributed by atoms with Gasteiger partial charge in [-0.05, 0) is 30.0 Å². The van der Waals surface area contributed by atoms with Gasteiger partial charge >= 0.3 is 6.18 Å². The second kappa shape index (κ2) is 5.19. The number of nitrogens with one attached hydrogen (secondary N) is 1. The van der Waals surface area contributed by atoms with Crippen LogP contribution in [0.3, 0.4) is 0 Å². The Labute approximate surface area is 121 Å². The molecule has 4 heteroatoms. The fraction of sp³-hybridized carbons (Fsp3) is 0.294. The molecule has 2 aromatic rings. The lowest BCUT2D eigenvalue weighted by molar-refractivity contribution is -0.138. The second-order valence-electron chi connectivity index (χ2n) is 5.46. The van der Waals surface area contributed by atoms with Crippen molar-refractivity contribution in [2.45, 2.75) is 31.1 Å². The smallest absolute Gasteiger partial charge is 0.303 e. The van der Waals surface area contributed by atoms with Crippen molar-refractivity contribution < 1.29 is 13.2 Å². The summed E-state index contributed by atoms with van der Waals surface area (Å²) in [6.45, 7) is 0.227. The summed E-state index contributed by atoms with van der Waals surface area (Å²) in [5, 5.41) is 3.32. The first-order valence-electron chi connectivity index (χ1n) is 6.97. The Morgan fingerprint density at radius 2 is 1.52 bits per heavy atom. The summed E-state index contributed by atoms with van der Waals surface area (Å²) < 4.78 is 38.9. The van der Waals surface area contributed by atoms with Crippen LogP contribution in [0.15, 0.2) is 54.6 Å². The lowest BCUT2D eigenvalue weighted by Crippen LogP contribution is -2.29. The predicted molar refractivity (Wildman–Crippen MR) is 75.6 cm³/mol. The third-order valence-electron chi connectivity index (χ3n) is 4.02. The minimum absolute atomic E-state index is 0.153. The van der Waals surface area contributed by atoms with Crippen LogP contribution in [0.1, 0.15) is 29.5 Å². The summed E-state index contributed by atoms with van der Waals surface area (Å²) in [6, 6.07) is 15.7. The van der Waals surface area contributed by atoms with E-state index in [2.05, 4.69) is 5.32 Å². The Kier molecular flexibility index (Phi) is 3.49. The first-order chi connectivity index (χ1) is 10.0. The average Bonchev–Trinajstić information content (AvgIpc) is 3.27. The van der Waals surface area contributed by atoms with Crippen molar-refractivity contribution in [3.05, 3.63) is 71.3 Å². The van der Waals surface area contributed by atoms with E-state index in [1.165, 1.54) is 12.1 Å². The maximum absolute atomic E-state index is 13.0. The summed E-state index contributed by atoms with van der Waals surface area (Å²) in [5.41, 5.74) is 0.739. The molecule has 0 aromatic heterocycles. The molecule has 0 amide bonds. The minimum atomic E-state index is -4.30. The number of halogens is 3. The van der Waals surface area contributed by atoms with Crippen LogP contribution < -0.4 is 5.32 Å². The van der Waals surface area contributed by atoms with Gasteiger partial charge in [-0.15, -0.1) is 0 Å². The van der Waals surface area contributed by atoms with Crippen LogP contribution in [0.25, 0.3) is 0 Å². The van der Waals surface area contributed by atoms with E-state index in [1.54, 1.807) is 6.07 Å². The Hall–Kier alpha value is -1.81. The van der Waals surface area contributed by atoms with Crippen LogP contribution in [-0.4, -0.2) is 0 Å². The van der Waals surface area contributed by atoms with Crippen molar-refractivity contribution in [3.8, 4) is 0 Å². The number of benzene rings is 2. The standard InChI is InChI=1S/C17H16F3N/c18-17(19,20)15-9-5-4-6-13(15)12-21-16(10-11-16)14-7-2-1-3-8-14/h1-9,21H,10-12H2. The van der Waals surface area contributed by atoms with Crippen molar-refractivity contribution in [2.24, 2.45) is 0 Å². The predicted octanol–water partition coefficient (Wildman–Crippen LogP) is 4.48. The molecule has 0 atom stereocenters. The lowest BCUT2D eigenvalue weighted by Gasteiger charge is -2.20. The Balaban J connectivity index is 1.78. The quantitative estimate of drug-likeness (QED) is 0.875. The van der Waals surface area contributed by atoms with Gasteiger partial charge in [-0.1, -0.05) is 48.5 Å². The summed E-state index contributed by atoms with van der Waals surface area (Å²) in [4.78, 5) is 0. The zero-order valence-corrected chi connectivity index (χ0v) is 11.5. The molecule has 0 spiro atoms. The van der Waals surface area contributed by atoms with Gasteiger partial charge in [-0.2, -0.15) is 13.2 Å². The van der Waals surface area contributed by atoms with Crippen LogP contribution >= 0.6 is 0 Å². The van der Waals surface area contributed by atoms with Crippen LogP contribution in [0.2, 0.25) is 0 Å². The van der Waals surface area contributed by atoms with Crippen molar-refractivity contribution in [1.82, 2.24) is 5.32 Å². The summed E-state index contributed by atoms with van der Waals surface area (Å²) >= 11 is 0. The number of alkyl halides is 3. The highest BCUT2D eigenvalue weighted by Gasteiger charge is 2.44. The molecular formula is C17H16F3N. The highest BCUT2D eigenvalue weighted by Crippen LogP contribution is 2.45. The normalized spacial score (nSPS) is 16.7. The molecule has 3 rings (SSSR count).